The van der Waals surface area contributed by atoms with Crippen molar-refractivity contribution in [3.63, 3.8) is 0 Å². The lowest BCUT2D eigenvalue weighted by atomic mass is 10.1. The molecule has 0 bridgehead atoms. The molecule has 0 unspecified atom stereocenters. The standard InChI is InChI=1S/C12H17BrN2S/c1-14-10-6-8-15(9-7-10)16-12-5-3-2-4-11(12)13/h2-5,10,14H,6-9H2,1H3. The van der Waals surface area contributed by atoms with Gasteiger partial charge >= 0.3 is 0 Å². The molecule has 4 heteroatoms. The van der Waals surface area contributed by atoms with Gasteiger partial charge in [-0.15, -0.1) is 0 Å². The monoisotopic (exact) mass is 300 g/mol. The molecule has 1 aliphatic heterocycles. The maximum atomic E-state index is 3.59. The van der Waals surface area contributed by atoms with Crippen molar-refractivity contribution in [2.75, 3.05) is 20.1 Å². The number of nitrogens with zero attached hydrogens (tertiary/aromatic N) is 1. The van der Waals surface area contributed by atoms with Crippen LogP contribution >= 0.6 is 27.9 Å². The smallest absolute Gasteiger partial charge is 0.0372 e. The molecule has 1 saturated heterocycles. The van der Waals surface area contributed by atoms with Gasteiger partial charge in [0.25, 0.3) is 0 Å². The number of rotatable bonds is 3. The van der Waals surface area contributed by atoms with Crippen molar-refractivity contribution in [1.82, 2.24) is 9.62 Å². The Morgan fingerprint density at radius 2 is 2.00 bits per heavy atom. The van der Waals surface area contributed by atoms with Crippen molar-refractivity contribution >= 4 is 27.9 Å². The lowest BCUT2D eigenvalue weighted by molar-refractivity contribution is 0.319. The van der Waals surface area contributed by atoms with E-state index in [0.717, 1.165) is 13.1 Å². The molecule has 0 spiro atoms. The summed E-state index contributed by atoms with van der Waals surface area (Å²) in [6, 6.07) is 9.12. The van der Waals surface area contributed by atoms with Crippen LogP contribution in [-0.4, -0.2) is 30.5 Å². The highest BCUT2D eigenvalue weighted by atomic mass is 79.9. The second-order valence-corrected chi connectivity index (χ2v) is 6.01. The van der Waals surface area contributed by atoms with Gasteiger partial charge in [0.05, 0.1) is 0 Å². The average molecular weight is 301 g/mol. The first kappa shape index (κ1) is 12.4. The Bertz CT molecular complexity index is 338. The van der Waals surface area contributed by atoms with Crippen molar-refractivity contribution in [3.05, 3.63) is 28.7 Å². The van der Waals surface area contributed by atoms with Crippen LogP contribution in [0.2, 0.25) is 0 Å². The molecule has 1 aliphatic rings. The molecular formula is C12H17BrN2S. The first-order chi connectivity index (χ1) is 7.79. The Kier molecular flexibility index (Phi) is 4.70. The molecule has 0 aromatic heterocycles. The molecule has 0 radical (unpaired) electrons. The Morgan fingerprint density at radius 1 is 1.31 bits per heavy atom. The van der Waals surface area contributed by atoms with Gasteiger partial charge in [-0.2, -0.15) is 0 Å². The van der Waals surface area contributed by atoms with E-state index >= 15 is 0 Å². The zero-order chi connectivity index (χ0) is 11.4. The van der Waals surface area contributed by atoms with Gasteiger partial charge in [0.2, 0.25) is 0 Å². The van der Waals surface area contributed by atoms with Crippen LogP contribution in [0.3, 0.4) is 0 Å². The molecule has 2 nitrogen and oxygen atoms in total. The van der Waals surface area contributed by atoms with Gasteiger partial charge in [0.15, 0.2) is 0 Å². The minimum absolute atomic E-state index is 0.705. The number of piperidine rings is 1. The van der Waals surface area contributed by atoms with Crippen LogP contribution in [0.1, 0.15) is 12.8 Å². The Morgan fingerprint density at radius 3 is 2.62 bits per heavy atom. The zero-order valence-corrected chi connectivity index (χ0v) is 11.9. The Hall–Kier alpha value is -0.0300. The fraction of sp³-hybridized carbons (Fsp3) is 0.500. The van der Waals surface area contributed by atoms with Crippen molar-refractivity contribution in [2.45, 2.75) is 23.8 Å². The van der Waals surface area contributed by atoms with Gasteiger partial charge < -0.3 is 5.32 Å². The second kappa shape index (κ2) is 6.05. The van der Waals surface area contributed by atoms with E-state index in [9.17, 15) is 0 Å². The van der Waals surface area contributed by atoms with Gasteiger partial charge in [-0.1, -0.05) is 12.1 Å². The first-order valence-electron chi connectivity index (χ1n) is 5.64. The summed E-state index contributed by atoms with van der Waals surface area (Å²) < 4.78 is 3.64. The normalized spacial score (nSPS) is 18.9. The quantitative estimate of drug-likeness (QED) is 0.864. The van der Waals surface area contributed by atoms with Crippen LogP contribution in [0.25, 0.3) is 0 Å². The van der Waals surface area contributed by atoms with Crippen LogP contribution in [0, 0.1) is 0 Å². The predicted molar refractivity (Wildman–Crippen MR) is 73.7 cm³/mol. The molecule has 16 heavy (non-hydrogen) atoms. The van der Waals surface area contributed by atoms with E-state index in [-0.39, 0.29) is 0 Å². The van der Waals surface area contributed by atoms with Crippen LogP contribution in [0.15, 0.2) is 33.6 Å². The molecule has 0 aliphatic carbocycles. The summed E-state index contributed by atoms with van der Waals surface area (Å²) >= 11 is 5.45. The number of hydrogen-bond acceptors (Lipinski definition) is 3. The maximum absolute atomic E-state index is 3.59. The molecule has 1 fully saturated rings. The maximum Gasteiger partial charge on any atom is 0.0372 e. The largest absolute Gasteiger partial charge is 0.317 e. The molecule has 1 N–H and O–H groups in total. The topological polar surface area (TPSA) is 15.3 Å². The summed E-state index contributed by atoms with van der Waals surface area (Å²) in [5, 5.41) is 3.35. The lowest BCUT2D eigenvalue weighted by Crippen LogP contribution is -2.38. The predicted octanol–water partition coefficient (Wildman–Crippen LogP) is 3.14. The van der Waals surface area contributed by atoms with Gasteiger partial charge in [-0.05, 0) is 59.9 Å². The van der Waals surface area contributed by atoms with Crippen molar-refractivity contribution in [1.29, 1.82) is 0 Å². The highest BCUT2D eigenvalue weighted by Gasteiger charge is 2.18. The van der Waals surface area contributed by atoms with Crippen LogP contribution in [0.5, 0.6) is 0 Å². The zero-order valence-electron chi connectivity index (χ0n) is 9.45. The molecule has 0 saturated carbocycles. The summed E-state index contributed by atoms with van der Waals surface area (Å²) in [4.78, 5) is 1.31. The van der Waals surface area contributed by atoms with Crippen molar-refractivity contribution in [3.8, 4) is 0 Å². The molecule has 1 aromatic rings. The molecule has 88 valence electrons. The Labute approximate surface area is 110 Å². The number of benzene rings is 1. The fourth-order valence-electron chi connectivity index (χ4n) is 1.89. The summed E-state index contributed by atoms with van der Waals surface area (Å²) in [7, 11) is 2.06. The SMILES string of the molecule is CNC1CCN(Sc2ccccc2Br)CC1. The van der Waals surface area contributed by atoms with Crippen molar-refractivity contribution < 1.29 is 0 Å². The second-order valence-electron chi connectivity index (χ2n) is 4.01. The van der Waals surface area contributed by atoms with Crippen LogP contribution in [0.4, 0.5) is 0 Å². The Balaban J connectivity index is 1.89. The number of halogens is 1. The molecule has 1 aromatic carbocycles. The number of hydrogen-bond donors (Lipinski definition) is 1. The third kappa shape index (κ3) is 3.23. The van der Waals surface area contributed by atoms with Crippen molar-refractivity contribution in [2.24, 2.45) is 0 Å². The highest BCUT2D eigenvalue weighted by Crippen LogP contribution is 2.31. The minimum Gasteiger partial charge on any atom is -0.317 e. The van der Waals surface area contributed by atoms with E-state index in [1.807, 2.05) is 11.9 Å². The van der Waals surface area contributed by atoms with Crippen LogP contribution in [-0.2, 0) is 0 Å². The van der Waals surface area contributed by atoms with E-state index in [4.69, 9.17) is 0 Å². The molecule has 0 amide bonds. The average Bonchev–Trinajstić information content (AvgIpc) is 2.33. The molecule has 2 rings (SSSR count). The van der Waals surface area contributed by atoms with E-state index in [0.29, 0.717) is 6.04 Å². The van der Waals surface area contributed by atoms with E-state index in [1.54, 1.807) is 0 Å². The summed E-state index contributed by atoms with van der Waals surface area (Å²) in [6.07, 6.45) is 2.49. The summed E-state index contributed by atoms with van der Waals surface area (Å²) in [5.74, 6) is 0. The van der Waals surface area contributed by atoms with Crippen LogP contribution < -0.4 is 5.32 Å². The van der Waals surface area contributed by atoms with E-state index in [1.165, 1.54) is 22.2 Å². The fourth-order valence-corrected chi connectivity index (χ4v) is 3.36. The van der Waals surface area contributed by atoms with Gasteiger partial charge in [0.1, 0.15) is 0 Å². The molecular weight excluding hydrogens is 284 g/mol. The third-order valence-electron chi connectivity index (χ3n) is 2.93. The first-order valence-corrected chi connectivity index (χ1v) is 7.21. The third-order valence-corrected chi connectivity index (χ3v) is 5.06. The van der Waals surface area contributed by atoms with E-state index in [2.05, 4.69) is 56.9 Å². The minimum atomic E-state index is 0.705. The lowest BCUT2D eigenvalue weighted by Gasteiger charge is -2.30. The van der Waals surface area contributed by atoms with Gasteiger partial charge in [-0.3, -0.25) is 0 Å². The van der Waals surface area contributed by atoms with Gasteiger partial charge in [0, 0.05) is 28.5 Å². The number of nitrogens with one attached hydrogen (secondary N) is 1. The van der Waals surface area contributed by atoms with E-state index < -0.39 is 0 Å². The molecule has 1 heterocycles. The highest BCUT2D eigenvalue weighted by molar-refractivity contribution is 9.10. The van der Waals surface area contributed by atoms with Gasteiger partial charge in [-0.25, -0.2) is 4.31 Å². The molecule has 0 atom stereocenters. The summed E-state index contributed by atoms with van der Waals surface area (Å²) in [5.41, 5.74) is 0. The summed E-state index contributed by atoms with van der Waals surface area (Å²) in [6.45, 7) is 2.33.